The molecule has 5 heteroatoms. The molecule has 1 N–H and O–H groups in total. The second kappa shape index (κ2) is 5.38. The van der Waals surface area contributed by atoms with Crippen molar-refractivity contribution in [3.05, 3.63) is 35.6 Å². The minimum absolute atomic E-state index is 0.241. The highest BCUT2D eigenvalue weighted by molar-refractivity contribution is 5.94. The van der Waals surface area contributed by atoms with E-state index >= 15 is 0 Å². The summed E-state index contributed by atoms with van der Waals surface area (Å²) < 4.78 is 18.4. The van der Waals surface area contributed by atoms with Gasteiger partial charge in [0.1, 0.15) is 12.2 Å². The third kappa shape index (κ3) is 3.10. The van der Waals surface area contributed by atoms with E-state index in [2.05, 4.69) is 5.32 Å². The van der Waals surface area contributed by atoms with Crippen LogP contribution in [-0.2, 0) is 19.9 Å². The molecule has 0 bridgehead atoms. The molecule has 0 radical (unpaired) electrons. The first-order valence-electron chi connectivity index (χ1n) is 6.29. The molecule has 1 amide bonds. The highest BCUT2D eigenvalue weighted by Crippen LogP contribution is 2.46. The Morgan fingerprint density at radius 1 is 1.37 bits per heavy atom. The molecule has 1 aliphatic rings. The van der Waals surface area contributed by atoms with Crippen molar-refractivity contribution in [1.82, 2.24) is 5.32 Å². The van der Waals surface area contributed by atoms with Crippen molar-refractivity contribution in [3.8, 4) is 0 Å². The second-order valence-electron chi connectivity index (χ2n) is 4.59. The topological polar surface area (TPSA) is 55.4 Å². The summed E-state index contributed by atoms with van der Waals surface area (Å²) in [6, 6.07) is 6.37. The third-order valence-electron chi connectivity index (χ3n) is 3.13. The normalized spacial score (nSPS) is 15.7. The fourth-order valence-corrected chi connectivity index (χ4v) is 2.09. The van der Waals surface area contributed by atoms with Crippen LogP contribution in [-0.4, -0.2) is 18.5 Å². The van der Waals surface area contributed by atoms with Gasteiger partial charge in [-0.1, -0.05) is 18.2 Å². The second-order valence-corrected chi connectivity index (χ2v) is 4.59. The van der Waals surface area contributed by atoms with E-state index in [-0.39, 0.29) is 18.8 Å². The van der Waals surface area contributed by atoms with Crippen LogP contribution < -0.4 is 5.32 Å². The van der Waals surface area contributed by atoms with Crippen LogP contribution in [0.2, 0.25) is 0 Å². The van der Waals surface area contributed by atoms with E-state index in [1.165, 1.54) is 6.07 Å². The Bertz CT molecular complexity index is 497. The van der Waals surface area contributed by atoms with E-state index in [0.717, 1.165) is 0 Å². The number of halogens is 1. The molecule has 1 fully saturated rings. The number of amides is 1. The molecule has 4 nitrogen and oxygen atoms in total. The fraction of sp³-hybridized carbons (Fsp3) is 0.429. The lowest BCUT2D eigenvalue weighted by Gasteiger charge is -2.18. The van der Waals surface area contributed by atoms with Gasteiger partial charge in [-0.15, -0.1) is 0 Å². The molecule has 1 aromatic carbocycles. The predicted octanol–water partition coefficient (Wildman–Crippen LogP) is 1.88. The number of esters is 1. The van der Waals surface area contributed by atoms with Crippen molar-refractivity contribution < 1.29 is 18.7 Å². The lowest BCUT2D eigenvalue weighted by Crippen LogP contribution is -2.36. The maximum absolute atomic E-state index is 13.7. The van der Waals surface area contributed by atoms with Crippen LogP contribution in [0.3, 0.4) is 0 Å². The number of nitrogens with one attached hydrogen (secondary N) is 1. The Labute approximate surface area is 110 Å². The van der Waals surface area contributed by atoms with E-state index in [1.54, 1.807) is 25.1 Å². The zero-order chi connectivity index (χ0) is 13.9. The first-order chi connectivity index (χ1) is 9.07. The predicted molar refractivity (Wildman–Crippen MR) is 66.7 cm³/mol. The van der Waals surface area contributed by atoms with Crippen molar-refractivity contribution in [2.45, 2.75) is 31.7 Å². The van der Waals surface area contributed by atoms with Crippen molar-refractivity contribution in [2.75, 3.05) is 6.61 Å². The molecule has 1 aliphatic carbocycles. The highest BCUT2D eigenvalue weighted by Gasteiger charge is 2.47. The molecular formula is C14H16FNO3. The molecule has 0 atom stereocenters. The number of hydrogen-bond donors (Lipinski definition) is 1. The molecule has 1 saturated carbocycles. The van der Waals surface area contributed by atoms with Gasteiger partial charge in [0.05, 0.1) is 12.1 Å². The maximum atomic E-state index is 13.7. The Hall–Kier alpha value is -1.91. The van der Waals surface area contributed by atoms with Crippen molar-refractivity contribution in [2.24, 2.45) is 0 Å². The van der Waals surface area contributed by atoms with Crippen LogP contribution >= 0.6 is 0 Å². The molecule has 0 heterocycles. The summed E-state index contributed by atoms with van der Waals surface area (Å²) in [7, 11) is 0. The number of carbonyl (C=O) groups is 2. The van der Waals surface area contributed by atoms with Gasteiger partial charge in [0, 0.05) is 5.56 Å². The highest BCUT2D eigenvalue weighted by atomic mass is 19.1. The van der Waals surface area contributed by atoms with E-state index < -0.39 is 17.4 Å². The smallest absolute Gasteiger partial charge is 0.315 e. The van der Waals surface area contributed by atoms with Gasteiger partial charge in [-0.2, -0.15) is 0 Å². The average molecular weight is 265 g/mol. The quantitative estimate of drug-likeness (QED) is 0.653. The number of carbonyl (C=O) groups excluding carboxylic acids is 2. The van der Waals surface area contributed by atoms with Crippen LogP contribution in [0.5, 0.6) is 0 Å². The molecule has 19 heavy (non-hydrogen) atoms. The van der Waals surface area contributed by atoms with Crippen LogP contribution in [0.25, 0.3) is 0 Å². The molecule has 102 valence electrons. The van der Waals surface area contributed by atoms with Gasteiger partial charge in [-0.3, -0.25) is 9.59 Å². The van der Waals surface area contributed by atoms with Gasteiger partial charge < -0.3 is 10.1 Å². The Kier molecular flexibility index (Phi) is 3.83. The summed E-state index contributed by atoms with van der Waals surface area (Å²) in [6.45, 7) is 1.92. The van der Waals surface area contributed by atoms with Crippen molar-refractivity contribution >= 4 is 11.9 Å². The minimum atomic E-state index is -0.644. The maximum Gasteiger partial charge on any atom is 0.315 e. The summed E-state index contributed by atoms with van der Waals surface area (Å²) in [5.41, 5.74) is -0.165. The number of rotatable bonds is 5. The van der Waals surface area contributed by atoms with E-state index in [0.29, 0.717) is 18.4 Å². The lowest BCUT2D eigenvalue weighted by atomic mass is 10.0. The average Bonchev–Trinajstić information content (AvgIpc) is 3.10. The first kappa shape index (κ1) is 13.5. The summed E-state index contributed by atoms with van der Waals surface area (Å²) in [5, 5.41) is 2.73. The van der Waals surface area contributed by atoms with E-state index in [9.17, 15) is 14.0 Å². The zero-order valence-corrected chi connectivity index (χ0v) is 10.7. The van der Waals surface area contributed by atoms with Crippen LogP contribution in [0.1, 0.15) is 31.7 Å². The number of ether oxygens (including phenoxy) is 1. The Morgan fingerprint density at radius 2 is 2.05 bits per heavy atom. The summed E-state index contributed by atoms with van der Waals surface area (Å²) in [6.07, 6.45) is 1.04. The van der Waals surface area contributed by atoms with Crippen LogP contribution in [0.15, 0.2) is 24.3 Å². The third-order valence-corrected chi connectivity index (χ3v) is 3.13. The number of benzene rings is 1. The van der Waals surface area contributed by atoms with Crippen LogP contribution in [0.4, 0.5) is 4.39 Å². The van der Waals surface area contributed by atoms with Gasteiger partial charge in [0.15, 0.2) is 0 Å². The molecule has 0 aromatic heterocycles. The molecule has 0 spiro atoms. The van der Waals surface area contributed by atoms with Gasteiger partial charge in [0.2, 0.25) is 5.91 Å². The zero-order valence-electron chi connectivity index (χ0n) is 10.7. The first-order valence-corrected chi connectivity index (χ1v) is 6.29. The Balaban J connectivity index is 2.01. The molecule has 0 unspecified atom stereocenters. The molecule has 0 aliphatic heterocycles. The minimum Gasteiger partial charge on any atom is -0.466 e. The summed E-state index contributed by atoms with van der Waals surface area (Å²) in [4.78, 5) is 22.9. The fourth-order valence-electron chi connectivity index (χ4n) is 2.09. The van der Waals surface area contributed by atoms with Crippen molar-refractivity contribution in [1.29, 1.82) is 0 Å². The van der Waals surface area contributed by atoms with Gasteiger partial charge >= 0.3 is 5.97 Å². The summed E-state index contributed by atoms with van der Waals surface area (Å²) in [5.74, 6) is -1.33. The van der Waals surface area contributed by atoms with Gasteiger partial charge in [-0.25, -0.2) is 4.39 Å². The molecule has 2 rings (SSSR count). The van der Waals surface area contributed by atoms with Gasteiger partial charge in [0.25, 0.3) is 0 Å². The molecule has 1 aromatic rings. The number of hydrogen-bond acceptors (Lipinski definition) is 3. The standard InChI is InChI=1S/C14H16FNO3/c1-2-19-13(18)9-12(17)16-14(7-8-14)10-5-3-4-6-11(10)15/h3-6H,2,7-9H2,1H3,(H,16,17). The largest absolute Gasteiger partial charge is 0.466 e. The van der Waals surface area contributed by atoms with Gasteiger partial charge in [-0.05, 0) is 25.8 Å². The van der Waals surface area contributed by atoms with Crippen molar-refractivity contribution in [3.63, 3.8) is 0 Å². The van der Waals surface area contributed by atoms with E-state index in [4.69, 9.17) is 4.74 Å². The van der Waals surface area contributed by atoms with E-state index in [1.807, 2.05) is 0 Å². The lowest BCUT2D eigenvalue weighted by molar-refractivity contribution is -0.146. The Morgan fingerprint density at radius 3 is 2.63 bits per heavy atom. The molecular weight excluding hydrogens is 249 g/mol. The molecule has 0 saturated heterocycles. The SMILES string of the molecule is CCOC(=O)CC(=O)NC1(c2ccccc2F)CC1. The summed E-state index contributed by atoms with van der Waals surface area (Å²) >= 11 is 0. The van der Waals surface area contributed by atoms with Crippen LogP contribution in [0, 0.1) is 5.82 Å². The monoisotopic (exact) mass is 265 g/mol.